The predicted octanol–water partition coefficient (Wildman–Crippen LogP) is 3.66. The van der Waals surface area contributed by atoms with Crippen molar-refractivity contribution in [2.75, 3.05) is 0 Å². The summed E-state index contributed by atoms with van der Waals surface area (Å²) >= 11 is 0. The molecule has 1 aromatic carbocycles. The van der Waals surface area contributed by atoms with E-state index in [1.165, 1.54) is 32.1 Å². The first kappa shape index (κ1) is 13.1. The first-order chi connectivity index (χ1) is 10.3. The Bertz CT molecular complexity index is 643. The molecule has 0 bridgehead atoms. The highest BCUT2D eigenvalue weighted by atomic mass is 16.5. The molecule has 110 valence electrons. The van der Waals surface area contributed by atoms with Gasteiger partial charge in [0.05, 0.1) is 5.52 Å². The molecule has 1 spiro atoms. The summed E-state index contributed by atoms with van der Waals surface area (Å²) in [6.07, 6.45) is 9.47. The number of hydrogen-bond donors (Lipinski definition) is 1. The lowest BCUT2D eigenvalue weighted by Gasteiger charge is -2.56. The largest absolute Gasteiger partial charge is 0.489 e. The number of hydrogen-bond acceptors (Lipinski definition) is 3. The molecule has 2 fully saturated rings. The Morgan fingerprint density at radius 1 is 1.10 bits per heavy atom. The molecule has 2 aromatic rings. The fourth-order valence-corrected chi connectivity index (χ4v) is 4.18. The van der Waals surface area contributed by atoms with E-state index in [9.17, 15) is 0 Å². The smallest absolute Gasteiger partial charge is 0.129 e. The van der Waals surface area contributed by atoms with Gasteiger partial charge in [-0.1, -0.05) is 25.3 Å². The van der Waals surface area contributed by atoms with Crippen molar-refractivity contribution in [2.24, 2.45) is 11.1 Å². The molecule has 2 aliphatic carbocycles. The van der Waals surface area contributed by atoms with Crippen LogP contribution in [0.3, 0.4) is 0 Å². The van der Waals surface area contributed by atoms with Gasteiger partial charge in [-0.15, -0.1) is 0 Å². The van der Waals surface area contributed by atoms with Crippen LogP contribution in [0.4, 0.5) is 0 Å². The third kappa shape index (κ3) is 2.03. The fraction of sp³-hybridized carbons (Fsp3) is 0.500. The van der Waals surface area contributed by atoms with E-state index < -0.39 is 0 Å². The van der Waals surface area contributed by atoms with Crippen molar-refractivity contribution >= 4 is 10.9 Å². The maximum Gasteiger partial charge on any atom is 0.129 e. The number of aromatic nitrogens is 1. The molecule has 1 aromatic heterocycles. The topological polar surface area (TPSA) is 48.1 Å². The van der Waals surface area contributed by atoms with Gasteiger partial charge in [0, 0.05) is 29.5 Å². The normalized spacial score (nSPS) is 27.5. The highest BCUT2D eigenvalue weighted by Gasteiger charge is 2.54. The lowest BCUT2D eigenvalue weighted by molar-refractivity contribution is -0.0892. The van der Waals surface area contributed by atoms with Crippen molar-refractivity contribution in [3.05, 3.63) is 36.5 Å². The maximum absolute atomic E-state index is 6.41. The minimum atomic E-state index is 0.225. The molecule has 0 aliphatic heterocycles. The Morgan fingerprint density at radius 2 is 1.95 bits per heavy atom. The van der Waals surface area contributed by atoms with E-state index in [-0.39, 0.29) is 11.5 Å². The lowest BCUT2D eigenvalue weighted by Crippen LogP contribution is -2.64. The van der Waals surface area contributed by atoms with Crippen molar-refractivity contribution in [1.29, 1.82) is 0 Å². The van der Waals surface area contributed by atoms with Crippen LogP contribution in [0.15, 0.2) is 36.5 Å². The van der Waals surface area contributed by atoms with Crippen molar-refractivity contribution < 1.29 is 4.74 Å². The van der Waals surface area contributed by atoms with Crippen molar-refractivity contribution in [3.8, 4) is 5.75 Å². The van der Waals surface area contributed by atoms with Crippen LogP contribution in [0, 0.1) is 5.41 Å². The Kier molecular flexibility index (Phi) is 3.11. The van der Waals surface area contributed by atoms with E-state index in [4.69, 9.17) is 10.5 Å². The highest BCUT2D eigenvalue weighted by Crippen LogP contribution is 2.52. The monoisotopic (exact) mass is 282 g/mol. The number of benzene rings is 1. The highest BCUT2D eigenvalue weighted by molar-refractivity contribution is 5.84. The van der Waals surface area contributed by atoms with Gasteiger partial charge in [0.25, 0.3) is 0 Å². The zero-order chi connectivity index (χ0) is 14.3. The summed E-state index contributed by atoms with van der Waals surface area (Å²) in [5.41, 5.74) is 7.57. The molecule has 1 heterocycles. The molecular formula is C18H22N2O. The first-order valence-corrected chi connectivity index (χ1v) is 8.06. The Hall–Kier alpha value is -1.61. The SMILES string of the molecule is NC1CC(Oc2cccc3ncccc23)C12CCCCC2. The van der Waals surface area contributed by atoms with Gasteiger partial charge in [-0.3, -0.25) is 4.98 Å². The molecule has 21 heavy (non-hydrogen) atoms. The molecule has 4 rings (SSSR count). The molecule has 3 nitrogen and oxygen atoms in total. The number of rotatable bonds is 2. The van der Waals surface area contributed by atoms with E-state index in [0.29, 0.717) is 6.04 Å². The number of nitrogens with zero attached hydrogens (tertiary/aromatic N) is 1. The summed E-state index contributed by atoms with van der Waals surface area (Å²) in [6.45, 7) is 0. The van der Waals surface area contributed by atoms with E-state index in [1.54, 1.807) is 0 Å². The van der Waals surface area contributed by atoms with Crippen molar-refractivity contribution in [3.63, 3.8) is 0 Å². The van der Waals surface area contributed by atoms with Gasteiger partial charge in [-0.2, -0.15) is 0 Å². The zero-order valence-electron chi connectivity index (χ0n) is 12.3. The first-order valence-electron chi connectivity index (χ1n) is 8.06. The molecule has 0 amide bonds. The second kappa shape index (κ2) is 4.99. The summed E-state index contributed by atoms with van der Waals surface area (Å²) in [5.74, 6) is 0.961. The summed E-state index contributed by atoms with van der Waals surface area (Å²) in [7, 11) is 0. The number of fused-ring (bicyclic) bond motifs is 1. The number of ether oxygens (including phenoxy) is 1. The van der Waals surface area contributed by atoms with E-state index in [0.717, 1.165) is 23.1 Å². The van der Waals surface area contributed by atoms with Crippen LogP contribution in [0.25, 0.3) is 10.9 Å². The Morgan fingerprint density at radius 3 is 2.76 bits per heavy atom. The molecule has 2 unspecified atom stereocenters. The van der Waals surface area contributed by atoms with Gasteiger partial charge in [0.1, 0.15) is 11.9 Å². The van der Waals surface area contributed by atoms with Gasteiger partial charge in [-0.05, 0) is 37.1 Å². The summed E-state index contributed by atoms with van der Waals surface area (Å²) < 4.78 is 6.41. The molecule has 0 radical (unpaired) electrons. The second-order valence-electron chi connectivity index (χ2n) is 6.57. The molecule has 2 N–H and O–H groups in total. The second-order valence-corrected chi connectivity index (χ2v) is 6.57. The average molecular weight is 282 g/mol. The van der Waals surface area contributed by atoms with Crippen molar-refractivity contribution in [2.45, 2.75) is 50.7 Å². The third-order valence-corrected chi connectivity index (χ3v) is 5.51. The standard InChI is InChI=1S/C18H22N2O/c19-16-12-17(18(16)9-2-1-3-10-18)21-15-8-4-7-14-13(15)6-5-11-20-14/h4-8,11,16-17H,1-3,9-10,12,19H2. The summed E-state index contributed by atoms with van der Waals surface area (Å²) in [4.78, 5) is 4.41. The average Bonchev–Trinajstić information content (AvgIpc) is 2.55. The molecule has 0 saturated heterocycles. The fourth-order valence-electron chi connectivity index (χ4n) is 4.18. The molecule has 2 aliphatic rings. The maximum atomic E-state index is 6.41. The Balaban J connectivity index is 1.63. The quantitative estimate of drug-likeness (QED) is 0.914. The van der Waals surface area contributed by atoms with Gasteiger partial charge < -0.3 is 10.5 Å². The number of nitrogens with two attached hydrogens (primary N) is 1. The predicted molar refractivity (Wildman–Crippen MR) is 84.3 cm³/mol. The van der Waals surface area contributed by atoms with Crippen LogP contribution < -0.4 is 10.5 Å². The van der Waals surface area contributed by atoms with Crippen LogP contribution in [0.1, 0.15) is 38.5 Å². The number of pyridine rings is 1. The Labute approximate surface area is 125 Å². The zero-order valence-corrected chi connectivity index (χ0v) is 12.3. The molecule has 2 atom stereocenters. The molecule has 3 heteroatoms. The van der Waals surface area contributed by atoms with Crippen LogP contribution in [-0.4, -0.2) is 17.1 Å². The van der Waals surface area contributed by atoms with Gasteiger partial charge in [0.2, 0.25) is 0 Å². The summed E-state index contributed by atoms with van der Waals surface area (Å²) in [5, 5.41) is 1.10. The van der Waals surface area contributed by atoms with Crippen LogP contribution in [0.2, 0.25) is 0 Å². The van der Waals surface area contributed by atoms with E-state index in [2.05, 4.69) is 17.1 Å². The van der Waals surface area contributed by atoms with E-state index in [1.807, 2.05) is 24.4 Å². The molecule has 2 saturated carbocycles. The minimum Gasteiger partial charge on any atom is -0.489 e. The minimum absolute atomic E-state index is 0.225. The van der Waals surface area contributed by atoms with Gasteiger partial charge >= 0.3 is 0 Å². The summed E-state index contributed by atoms with van der Waals surface area (Å²) in [6, 6.07) is 10.5. The molecular weight excluding hydrogens is 260 g/mol. The van der Waals surface area contributed by atoms with E-state index >= 15 is 0 Å². The van der Waals surface area contributed by atoms with Gasteiger partial charge in [0.15, 0.2) is 0 Å². The third-order valence-electron chi connectivity index (χ3n) is 5.51. The van der Waals surface area contributed by atoms with Crippen LogP contribution >= 0.6 is 0 Å². The van der Waals surface area contributed by atoms with Crippen LogP contribution in [0.5, 0.6) is 5.75 Å². The van der Waals surface area contributed by atoms with Crippen LogP contribution in [-0.2, 0) is 0 Å². The lowest BCUT2D eigenvalue weighted by atomic mass is 9.55. The van der Waals surface area contributed by atoms with Crippen molar-refractivity contribution in [1.82, 2.24) is 4.98 Å². The van der Waals surface area contributed by atoms with Gasteiger partial charge in [-0.25, -0.2) is 0 Å².